The molecule has 0 saturated carbocycles. The summed E-state index contributed by atoms with van der Waals surface area (Å²) in [6, 6.07) is 0. The second-order valence-corrected chi connectivity index (χ2v) is 5.70. The van der Waals surface area contributed by atoms with Gasteiger partial charge in [-0.2, -0.15) is 0 Å². The van der Waals surface area contributed by atoms with Crippen molar-refractivity contribution >= 4 is 23.1 Å². The molecule has 0 aromatic carbocycles. The first-order chi connectivity index (χ1) is 7.99. The van der Waals surface area contributed by atoms with Gasteiger partial charge in [0.25, 0.3) is 0 Å². The van der Waals surface area contributed by atoms with E-state index in [4.69, 9.17) is 18.0 Å². The van der Waals surface area contributed by atoms with Gasteiger partial charge in [-0.05, 0) is 19.3 Å². The SMILES string of the molecule is CCCCCC(=O)N1CCC(C)(C(N)=S)CC1. The molecule has 3 nitrogen and oxygen atoms in total. The van der Waals surface area contributed by atoms with Crippen LogP contribution in [-0.4, -0.2) is 28.9 Å². The summed E-state index contributed by atoms with van der Waals surface area (Å²) in [7, 11) is 0. The van der Waals surface area contributed by atoms with Crippen LogP contribution < -0.4 is 5.73 Å². The minimum Gasteiger partial charge on any atom is -0.393 e. The Morgan fingerprint density at radius 3 is 2.41 bits per heavy atom. The molecule has 0 spiro atoms. The average molecular weight is 256 g/mol. The summed E-state index contributed by atoms with van der Waals surface area (Å²) in [5.74, 6) is 0.295. The highest BCUT2D eigenvalue weighted by atomic mass is 32.1. The highest BCUT2D eigenvalue weighted by Crippen LogP contribution is 2.31. The van der Waals surface area contributed by atoms with Crippen molar-refractivity contribution < 1.29 is 4.79 Å². The molecule has 0 radical (unpaired) electrons. The van der Waals surface area contributed by atoms with Crippen molar-refractivity contribution in [2.75, 3.05) is 13.1 Å². The molecule has 0 atom stereocenters. The molecule has 1 saturated heterocycles. The van der Waals surface area contributed by atoms with Crippen LogP contribution in [0.25, 0.3) is 0 Å². The fourth-order valence-electron chi connectivity index (χ4n) is 2.18. The molecule has 1 fully saturated rings. The summed E-state index contributed by atoms with van der Waals surface area (Å²) in [5.41, 5.74) is 5.70. The lowest BCUT2D eigenvalue weighted by Gasteiger charge is -2.38. The number of carbonyl (C=O) groups is 1. The predicted octanol–water partition coefficient (Wildman–Crippen LogP) is 2.48. The first-order valence-electron chi connectivity index (χ1n) is 6.57. The standard InChI is InChI=1S/C13H24N2OS/c1-3-4-5-6-11(16)15-9-7-13(2,8-10-15)12(14)17/h3-10H2,1-2H3,(H2,14,17). The van der Waals surface area contributed by atoms with Crippen LogP contribution in [0.4, 0.5) is 0 Å². The van der Waals surface area contributed by atoms with E-state index in [-0.39, 0.29) is 5.41 Å². The number of thiocarbonyl (C=S) groups is 1. The molecular formula is C13H24N2OS. The highest BCUT2D eigenvalue weighted by Gasteiger charge is 2.33. The van der Waals surface area contributed by atoms with E-state index in [0.29, 0.717) is 17.3 Å². The molecule has 0 unspecified atom stereocenters. The predicted molar refractivity (Wildman–Crippen MR) is 74.8 cm³/mol. The Kier molecular flexibility index (Phi) is 5.37. The Labute approximate surface area is 110 Å². The van der Waals surface area contributed by atoms with Gasteiger partial charge in [0.1, 0.15) is 0 Å². The van der Waals surface area contributed by atoms with Gasteiger partial charge < -0.3 is 10.6 Å². The third-order valence-electron chi connectivity index (χ3n) is 3.81. The number of rotatable bonds is 5. The molecule has 1 aliphatic heterocycles. The van der Waals surface area contributed by atoms with Crippen molar-refractivity contribution in [3.63, 3.8) is 0 Å². The van der Waals surface area contributed by atoms with Crippen molar-refractivity contribution in [1.29, 1.82) is 0 Å². The van der Waals surface area contributed by atoms with Crippen LogP contribution >= 0.6 is 12.2 Å². The number of carbonyl (C=O) groups excluding carboxylic acids is 1. The fraction of sp³-hybridized carbons (Fsp3) is 0.846. The van der Waals surface area contributed by atoms with Gasteiger partial charge in [0.15, 0.2) is 0 Å². The maximum atomic E-state index is 11.9. The number of nitrogens with zero attached hydrogens (tertiary/aromatic N) is 1. The topological polar surface area (TPSA) is 46.3 Å². The van der Waals surface area contributed by atoms with E-state index in [1.54, 1.807) is 0 Å². The molecular weight excluding hydrogens is 232 g/mol. The normalized spacial score (nSPS) is 19.1. The van der Waals surface area contributed by atoms with Crippen molar-refractivity contribution in [2.45, 2.75) is 52.4 Å². The smallest absolute Gasteiger partial charge is 0.222 e. The first-order valence-corrected chi connectivity index (χ1v) is 6.98. The zero-order valence-corrected chi connectivity index (χ0v) is 11.8. The minimum atomic E-state index is -0.0461. The molecule has 1 heterocycles. The number of piperidine rings is 1. The monoisotopic (exact) mass is 256 g/mol. The molecule has 0 aromatic heterocycles. The number of hydrogen-bond donors (Lipinski definition) is 1. The quantitative estimate of drug-likeness (QED) is 0.607. The van der Waals surface area contributed by atoms with Crippen LogP contribution in [-0.2, 0) is 4.79 Å². The summed E-state index contributed by atoms with van der Waals surface area (Å²) in [5, 5.41) is 0. The Hall–Kier alpha value is -0.640. The molecule has 98 valence electrons. The van der Waals surface area contributed by atoms with Gasteiger partial charge in [-0.3, -0.25) is 4.79 Å². The Morgan fingerprint density at radius 2 is 1.94 bits per heavy atom. The molecule has 1 rings (SSSR count). The van der Waals surface area contributed by atoms with Crippen LogP contribution in [0.3, 0.4) is 0 Å². The minimum absolute atomic E-state index is 0.0461. The van der Waals surface area contributed by atoms with Crippen LogP contribution in [0.2, 0.25) is 0 Å². The second-order valence-electron chi connectivity index (χ2n) is 5.26. The van der Waals surface area contributed by atoms with Crippen LogP contribution in [0.1, 0.15) is 52.4 Å². The summed E-state index contributed by atoms with van der Waals surface area (Å²) in [6.45, 7) is 5.87. The number of amides is 1. The van der Waals surface area contributed by atoms with Crippen LogP contribution in [0.15, 0.2) is 0 Å². The lowest BCUT2D eigenvalue weighted by molar-refractivity contribution is -0.133. The van der Waals surface area contributed by atoms with E-state index >= 15 is 0 Å². The summed E-state index contributed by atoms with van der Waals surface area (Å²) in [6.07, 6.45) is 5.82. The first kappa shape index (κ1) is 14.4. The van der Waals surface area contributed by atoms with Crippen LogP contribution in [0, 0.1) is 5.41 Å². The second kappa shape index (κ2) is 6.34. The number of hydrogen-bond acceptors (Lipinski definition) is 2. The third-order valence-corrected chi connectivity index (χ3v) is 4.30. The summed E-state index contributed by atoms with van der Waals surface area (Å²) >= 11 is 5.09. The molecule has 17 heavy (non-hydrogen) atoms. The molecule has 1 amide bonds. The maximum Gasteiger partial charge on any atom is 0.222 e. The molecule has 0 aliphatic carbocycles. The van der Waals surface area contributed by atoms with Gasteiger partial charge in [-0.25, -0.2) is 0 Å². The summed E-state index contributed by atoms with van der Waals surface area (Å²) in [4.78, 5) is 14.5. The van der Waals surface area contributed by atoms with E-state index < -0.39 is 0 Å². The van der Waals surface area contributed by atoms with Crippen molar-refractivity contribution in [1.82, 2.24) is 4.90 Å². The summed E-state index contributed by atoms with van der Waals surface area (Å²) < 4.78 is 0. The molecule has 4 heteroatoms. The van der Waals surface area contributed by atoms with Crippen molar-refractivity contribution in [2.24, 2.45) is 11.1 Å². The van der Waals surface area contributed by atoms with Crippen LogP contribution in [0.5, 0.6) is 0 Å². The van der Waals surface area contributed by atoms with Gasteiger partial charge in [0.2, 0.25) is 5.91 Å². The molecule has 0 aromatic rings. The van der Waals surface area contributed by atoms with E-state index in [1.807, 2.05) is 4.90 Å². The lowest BCUT2D eigenvalue weighted by atomic mass is 9.80. The Bertz CT molecular complexity index is 283. The van der Waals surface area contributed by atoms with Crippen molar-refractivity contribution in [3.8, 4) is 0 Å². The molecule has 1 aliphatic rings. The number of likely N-dealkylation sites (tertiary alicyclic amines) is 1. The highest BCUT2D eigenvalue weighted by molar-refractivity contribution is 7.80. The zero-order chi connectivity index (χ0) is 12.9. The van der Waals surface area contributed by atoms with Gasteiger partial charge in [0.05, 0.1) is 4.99 Å². The Morgan fingerprint density at radius 1 is 1.35 bits per heavy atom. The van der Waals surface area contributed by atoms with Gasteiger partial charge >= 0.3 is 0 Å². The zero-order valence-electron chi connectivity index (χ0n) is 11.0. The largest absolute Gasteiger partial charge is 0.393 e. The van der Waals surface area contributed by atoms with E-state index in [1.165, 1.54) is 0 Å². The van der Waals surface area contributed by atoms with E-state index in [0.717, 1.165) is 45.2 Å². The lowest BCUT2D eigenvalue weighted by Crippen LogP contribution is -2.46. The molecule has 2 N–H and O–H groups in total. The maximum absolute atomic E-state index is 11.9. The Balaban J connectivity index is 2.36. The van der Waals surface area contributed by atoms with E-state index in [2.05, 4.69) is 13.8 Å². The van der Waals surface area contributed by atoms with Gasteiger partial charge in [-0.1, -0.05) is 38.9 Å². The number of nitrogens with two attached hydrogens (primary N) is 1. The van der Waals surface area contributed by atoms with Gasteiger partial charge in [-0.15, -0.1) is 0 Å². The van der Waals surface area contributed by atoms with E-state index in [9.17, 15) is 4.79 Å². The molecule has 0 bridgehead atoms. The van der Waals surface area contributed by atoms with Gasteiger partial charge in [0, 0.05) is 24.9 Å². The fourth-order valence-corrected chi connectivity index (χ4v) is 2.38. The number of unbranched alkanes of at least 4 members (excludes halogenated alkanes) is 2. The average Bonchev–Trinajstić information content (AvgIpc) is 2.30. The third kappa shape index (κ3) is 3.95. The van der Waals surface area contributed by atoms with Crippen molar-refractivity contribution in [3.05, 3.63) is 0 Å².